The zero-order valence-corrected chi connectivity index (χ0v) is 21.9. The van der Waals surface area contributed by atoms with Crippen molar-refractivity contribution in [2.45, 2.75) is 52.0 Å². The molecule has 0 atom stereocenters. The van der Waals surface area contributed by atoms with E-state index in [1.165, 1.54) is 5.52 Å². The number of imidazole rings is 1. The average molecular weight is 500 g/mol. The Morgan fingerprint density at radius 3 is 2.43 bits per heavy atom. The highest BCUT2D eigenvalue weighted by molar-refractivity contribution is 5.95. The molecule has 0 radical (unpaired) electrons. The first-order valence-electron chi connectivity index (χ1n) is 13.2. The van der Waals surface area contributed by atoms with Crippen molar-refractivity contribution in [2.75, 3.05) is 20.3 Å². The van der Waals surface area contributed by atoms with Crippen LogP contribution in [0.2, 0.25) is 0 Å². The fourth-order valence-electron chi connectivity index (χ4n) is 4.51. The number of benzene rings is 3. The summed E-state index contributed by atoms with van der Waals surface area (Å²) in [6.45, 7) is 4.27. The van der Waals surface area contributed by atoms with Crippen LogP contribution in [0.15, 0.2) is 72.8 Å². The molecule has 0 saturated heterocycles. The smallest absolute Gasteiger partial charge is 0.251 e. The Morgan fingerprint density at radius 2 is 1.62 bits per heavy atom. The number of nitrogens with zero attached hydrogens (tertiary/aromatic N) is 2. The van der Waals surface area contributed by atoms with E-state index in [2.05, 4.69) is 28.1 Å². The zero-order chi connectivity index (χ0) is 25.9. The third-order valence-electron chi connectivity index (χ3n) is 6.59. The summed E-state index contributed by atoms with van der Waals surface area (Å²) in [5.41, 5.74) is 4.01. The minimum Gasteiger partial charge on any atom is -0.497 e. The number of nitrogens with one attached hydrogen (secondary N) is 1. The van der Waals surface area contributed by atoms with E-state index >= 15 is 0 Å². The number of aryl methyl sites for hydroxylation is 3. The molecule has 0 saturated carbocycles. The van der Waals surface area contributed by atoms with Gasteiger partial charge in [0.25, 0.3) is 5.91 Å². The van der Waals surface area contributed by atoms with Crippen LogP contribution in [0, 0.1) is 6.92 Å². The Bertz CT molecular complexity index is 1280. The summed E-state index contributed by atoms with van der Waals surface area (Å²) >= 11 is 0. The van der Waals surface area contributed by atoms with Crippen LogP contribution < -0.4 is 14.8 Å². The Labute approximate surface area is 219 Å². The van der Waals surface area contributed by atoms with Gasteiger partial charge in [-0.05, 0) is 80.6 Å². The molecule has 0 fully saturated rings. The summed E-state index contributed by atoms with van der Waals surface area (Å²) in [5, 5.41) is 3.05. The number of unbranched alkanes of at least 4 members (excludes halogenated alkanes) is 3. The number of amides is 1. The van der Waals surface area contributed by atoms with Gasteiger partial charge in [0.1, 0.15) is 17.3 Å². The number of carbonyl (C=O) groups excluding carboxylic acids is 1. The van der Waals surface area contributed by atoms with Crippen molar-refractivity contribution in [3.05, 3.63) is 89.7 Å². The monoisotopic (exact) mass is 499 g/mol. The molecule has 0 aliphatic carbocycles. The largest absolute Gasteiger partial charge is 0.497 e. The first-order chi connectivity index (χ1) is 18.2. The molecule has 1 heterocycles. The fourth-order valence-corrected chi connectivity index (χ4v) is 4.51. The quantitative estimate of drug-likeness (QED) is 0.205. The number of methoxy groups -OCH3 is 1. The average Bonchev–Trinajstić information content (AvgIpc) is 3.28. The molecule has 0 unspecified atom stereocenters. The number of hydrogen-bond acceptors (Lipinski definition) is 4. The number of fused-ring (bicyclic) bond motifs is 1. The van der Waals surface area contributed by atoms with Crippen molar-refractivity contribution in [3.63, 3.8) is 0 Å². The predicted molar refractivity (Wildman–Crippen MR) is 149 cm³/mol. The number of rotatable bonds is 14. The van der Waals surface area contributed by atoms with Crippen molar-refractivity contribution >= 4 is 16.9 Å². The maximum absolute atomic E-state index is 12.4. The van der Waals surface area contributed by atoms with E-state index in [0.29, 0.717) is 13.2 Å². The molecule has 0 aliphatic rings. The zero-order valence-electron chi connectivity index (χ0n) is 21.9. The van der Waals surface area contributed by atoms with Gasteiger partial charge in [-0.2, -0.15) is 0 Å². The van der Waals surface area contributed by atoms with Gasteiger partial charge in [-0.15, -0.1) is 0 Å². The summed E-state index contributed by atoms with van der Waals surface area (Å²) < 4.78 is 13.4. The third kappa shape index (κ3) is 7.35. The Balaban J connectivity index is 1.21. The second-order valence-corrected chi connectivity index (χ2v) is 9.28. The van der Waals surface area contributed by atoms with Gasteiger partial charge in [0.05, 0.1) is 24.8 Å². The van der Waals surface area contributed by atoms with E-state index in [9.17, 15) is 4.79 Å². The van der Waals surface area contributed by atoms with E-state index in [1.54, 1.807) is 7.11 Å². The van der Waals surface area contributed by atoms with Gasteiger partial charge in [0, 0.05) is 25.1 Å². The molecule has 6 heteroatoms. The van der Waals surface area contributed by atoms with Gasteiger partial charge in [0.15, 0.2) is 0 Å². The number of ether oxygens (including phenoxy) is 2. The van der Waals surface area contributed by atoms with E-state index in [4.69, 9.17) is 14.5 Å². The molecule has 0 aliphatic heterocycles. The minimum absolute atomic E-state index is 0.0101. The maximum atomic E-state index is 12.4. The van der Waals surface area contributed by atoms with Crippen LogP contribution >= 0.6 is 0 Å². The fraction of sp³-hybridized carbons (Fsp3) is 0.355. The number of aromatic nitrogens is 2. The van der Waals surface area contributed by atoms with Crippen molar-refractivity contribution < 1.29 is 14.3 Å². The lowest BCUT2D eigenvalue weighted by Crippen LogP contribution is -2.25. The summed E-state index contributed by atoms with van der Waals surface area (Å²) in [6, 6.07) is 23.8. The van der Waals surface area contributed by atoms with Crippen LogP contribution in [0.3, 0.4) is 0 Å². The Kier molecular flexibility index (Phi) is 9.58. The van der Waals surface area contributed by atoms with Crippen LogP contribution in [-0.2, 0) is 13.0 Å². The predicted octanol–water partition coefficient (Wildman–Crippen LogP) is 6.36. The molecule has 4 aromatic rings. The molecule has 6 nitrogen and oxygen atoms in total. The molecular formula is C31H37N3O3. The highest BCUT2D eigenvalue weighted by atomic mass is 16.5. The standard InChI is InChI=1S/C31H37N3O3/c1-24-12-5-6-13-27(24)31(35)32-21-9-3-4-16-30-33-28-14-7-8-15-29(28)34(30)22-10-11-23-37-26-19-17-25(36-2)18-20-26/h5-8,12-15,17-20H,3-4,9-11,16,21-23H2,1-2H3,(H,32,35). The minimum atomic E-state index is 0.0101. The van der Waals surface area contributed by atoms with Crippen LogP contribution in [0.4, 0.5) is 0 Å². The third-order valence-corrected chi connectivity index (χ3v) is 6.59. The van der Waals surface area contributed by atoms with Gasteiger partial charge in [-0.1, -0.05) is 36.8 Å². The Morgan fingerprint density at radius 1 is 0.865 bits per heavy atom. The lowest BCUT2D eigenvalue weighted by atomic mass is 10.1. The molecular weight excluding hydrogens is 462 g/mol. The normalized spacial score (nSPS) is 11.0. The first kappa shape index (κ1) is 26.3. The van der Waals surface area contributed by atoms with E-state index < -0.39 is 0 Å². The first-order valence-corrected chi connectivity index (χ1v) is 13.2. The lowest BCUT2D eigenvalue weighted by Gasteiger charge is -2.11. The van der Waals surface area contributed by atoms with Crippen LogP contribution in [0.5, 0.6) is 11.5 Å². The van der Waals surface area contributed by atoms with E-state index in [-0.39, 0.29) is 5.91 Å². The van der Waals surface area contributed by atoms with Crippen molar-refractivity contribution in [2.24, 2.45) is 0 Å². The maximum Gasteiger partial charge on any atom is 0.251 e. The van der Waals surface area contributed by atoms with E-state index in [1.807, 2.05) is 61.5 Å². The molecule has 1 aromatic heterocycles. The van der Waals surface area contributed by atoms with Crippen molar-refractivity contribution in [1.29, 1.82) is 0 Å². The van der Waals surface area contributed by atoms with Gasteiger partial charge < -0.3 is 19.4 Å². The number of hydrogen-bond donors (Lipinski definition) is 1. The molecule has 1 N–H and O–H groups in total. The highest BCUT2D eigenvalue weighted by Crippen LogP contribution is 2.20. The van der Waals surface area contributed by atoms with Gasteiger partial charge >= 0.3 is 0 Å². The van der Waals surface area contributed by atoms with Crippen molar-refractivity contribution in [1.82, 2.24) is 14.9 Å². The van der Waals surface area contributed by atoms with Crippen LogP contribution in [0.25, 0.3) is 11.0 Å². The summed E-state index contributed by atoms with van der Waals surface area (Å²) in [5.74, 6) is 2.85. The molecule has 0 spiro atoms. The molecule has 37 heavy (non-hydrogen) atoms. The Hall–Kier alpha value is -3.80. The molecule has 0 bridgehead atoms. The second kappa shape index (κ2) is 13.5. The van der Waals surface area contributed by atoms with Gasteiger partial charge in [-0.3, -0.25) is 4.79 Å². The van der Waals surface area contributed by atoms with E-state index in [0.717, 1.165) is 79.0 Å². The van der Waals surface area contributed by atoms with Gasteiger partial charge in [0.2, 0.25) is 0 Å². The molecule has 4 rings (SSSR count). The summed E-state index contributed by atoms with van der Waals surface area (Å²) in [7, 11) is 1.66. The molecule has 3 aromatic carbocycles. The number of carbonyl (C=O) groups is 1. The van der Waals surface area contributed by atoms with Gasteiger partial charge in [-0.25, -0.2) is 4.98 Å². The molecule has 1 amide bonds. The van der Waals surface area contributed by atoms with Crippen molar-refractivity contribution in [3.8, 4) is 11.5 Å². The lowest BCUT2D eigenvalue weighted by molar-refractivity contribution is 0.0952. The highest BCUT2D eigenvalue weighted by Gasteiger charge is 2.11. The van der Waals surface area contributed by atoms with Crippen LogP contribution in [0.1, 0.15) is 53.8 Å². The molecule has 194 valence electrons. The summed E-state index contributed by atoms with van der Waals surface area (Å²) in [6.07, 6.45) is 5.98. The summed E-state index contributed by atoms with van der Waals surface area (Å²) in [4.78, 5) is 17.3. The topological polar surface area (TPSA) is 65.4 Å². The van der Waals surface area contributed by atoms with Crippen LogP contribution in [-0.4, -0.2) is 35.7 Å². The second-order valence-electron chi connectivity index (χ2n) is 9.28. The SMILES string of the molecule is COc1ccc(OCCCCn2c(CCCCCNC(=O)c3ccccc3C)nc3ccccc32)cc1. The number of para-hydroxylation sites is 2.